The zero-order valence-corrected chi connectivity index (χ0v) is 20.6. The van der Waals surface area contributed by atoms with Gasteiger partial charge in [0.1, 0.15) is 18.5 Å². The first-order chi connectivity index (χ1) is 17.0. The van der Waals surface area contributed by atoms with Gasteiger partial charge in [0.2, 0.25) is 5.91 Å². The Hall–Kier alpha value is -2.74. The number of thiophene rings is 1. The zero-order valence-electron chi connectivity index (χ0n) is 19.0. The van der Waals surface area contributed by atoms with E-state index < -0.39 is 48.8 Å². The lowest BCUT2D eigenvalue weighted by atomic mass is 10.2. The second-order valence-electron chi connectivity index (χ2n) is 7.76. The van der Waals surface area contributed by atoms with Gasteiger partial charge in [0.05, 0.1) is 28.1 Å². The fraction of sp³-hybridized carbons (Fsp3) is 0.409. The third-order valence-corrected chi connectivity index (χ3v) is 6.51. The lowest BCUT2D eigenvalue weighted by Crippen LogP contribution is -2.53. The van der Waals surface area contributed by atoms with Crippen molar-refractivity contribution in [1.29, 1.82) is 0 Å². The summed E-state index contributed by atoms with van der Waals surface area (Å²) in [7, 11) is 0. The highest BCUT2D eigenvalue weighted by molar-refractivity contribution is 7.18. The van der Waals surface area contributed by atoms with Crippen molar-refractivity contribution in [3.05, 3.63) is 45.4 Å². The van der Waals surface area contributed by atoms with Crippen molar-refractivity contribution in [2.75, 3.05) is 49.6 Å². The molecule has 0 radical (unpaired) electrons. The molecule has 1 aliphatic heterocycles. The lowest BCUT2D eigenvalue weighted by Gasteiger charge is -2.30. The summed E-state index contributed by atoms with van der Waals surface area (Å²) in [6.45, 7) is -0.329. The average molecular weight is 551 g/mol. The number of ether oxygens (including phenoxy) is 1. The number of nitrogens with zero attached hydrogens (tertiary/aromatic N) is 2. The van der Waals surface area contributed by atoms with E-state index in [-0.39, 0.29) is 42.6 Å². The molecule has 3 rings (SSSR count). The van der Waals surface area contributed by atoms with E-state index in [1.165, 1.54) is 36.1 Å². The van der Waals surface area contributed by atoms with E-state index in [1.807, 2.05) is 0 Å². The number of halogens is 5. The quantitative estimate of drug-likeness (QED) is 0.466. The number of hydrogen-bond donors (Lipinski definition) is 2. The number of carbonyl (C=O) groups excluding carboxylic acids is 3. The van der Waals surface area contributed by atoms with Crippen LogP contribution in [0, 0.1) is 5.82 Å². The molecule has 2 heterocycles. The minimum absolute atomic E-state index is 0.00743. The monoisotopic (exact) mass is 550 g/mol. The Morgan fingerprint density at radius 2 is 2.03 bits per heavy atom. The van der Waals surface area contributed by atoms with Gasteiger partial charge in [0.15, 0.2) is 0 Å². The number of anilines is 2. The molecule has 1 fully saturated rings. The molecule has 1 saturated heterocycles. The molecular formula is C22H23ClF4N4O4S. The van der Waals surface area contributed by atoms with E-state index in [2.05, 4.69) is 10.6 Å². The number of likely N-dealkylation sites (N-methyl/N-ethyl adjacent to an activating group) is 1. The first-order valence-corrected chi connectivity index (χ1v) is 12.0. The number of hydrogen-bond acceptors (Lipinski definition) is 6. The van der Waals surface area contributed by atoms with Crippen molar-refractivity contribution in [2.24, 2.45) is 0 Å². The van der Waals surface area contributed by atoms with Crippen LogP contribution in [0.5, 0.6) is 0 Å². The maximum atomic E-state index is 14.7. The molecule has 8 nitrogen and oxygen atoms in total. The molecule has 2 aromatic rings. The Balaban J connectivity index is 1.76. The van der Waals surface area contributed by atoms with E-state index in [4.69, 9.17) is 16.3 Å². The van der Waals surface area contributed by atoms with Gasteiger partial charge < -0.3 is 20.3 Å². The predicted octanol–water partition coefficient (Wildman–Crippen LogP) is 3.53. The van der Waals surface area contributed by atoms with E-state index >= 15 is 0 Å². The Kier molecular flexibility index (Phi) is 9.28. The van der Waals surface area contributed by atoms with Crippen LogP contribution < -0.4 is 15.5 Å². The molecule has 0 saturated carbocycles. The standard InChI is InChI=1S/C22H23ClF4N4O4S/c1-2-30(12-22(25,26)27)16(10-28-21(34)17-5-6-18(23)36-17)20(33)29-13-3-4-15(14(24)9-13)31-7-8-35-11-19(31)32/h3-6,9,16H,2,7-8,10-12H2,1H3,(H,28,34)(H,29,33)/t16-/m0/s1. The number of morpholine rings is 1. The molecule has 0 unspecified atom stereocenters. The van der Waals surface area contributed by atoms with Crippen molar-refractivity contribution < 1.29 is 36.7 Å². The fourth-order valence-corrected chi connectivity index (χ4v) is 4.53. The highest BCUT2D eigenvalue weighted by Crippen LogP contribution is 2.25. The lowest BCUT2D eigenvalue weighted by molar-refractivity contribution is -0.153. The van der Waals surface area contributed by atoms with Gasteiger partial charge in [0.25, 0.3) is 11.8 Å². The van der Waals surface area contributed by atoms with Gasteiger partial charge in [-0.15, -0.1) is 11.3 Å². The van der Waals surface area contributed by atoms with Crippen LogP contribution in [0.25, 0.3) is 0 Å². The number of alkyl halides is 3. The molecule has 1 aromatic carbocycles. The summed E-state index contributed by atoms with van der Waals surface area (Å²) in [5, 5.41) is 4.87. The van der Waals surface area contributed by atoms with Crippen molar-refractivity contribution in [3.8, 4) is 0 Å². The van der Waals surface area contributed by atoms with Crippen LogP contribution >= 0.6 is 22.9 Å². The predicted molar refractivity (Wildman–Crippen MR) is 127 cm³/mol. The fourth-order valence-electron chi connectivity index (χ4n) is 3.57. The van der Waals surface area contributed by atoms with Crippen LogP contribution in [0.2, 0.25) is 4.34 Å². The maximum Gasteiger partial charge on any atom is 0.401 e. The van der Waals surface area contributed by atoms with Crippen LogP contribution in [0.1, 0.15) is 16.6 Å². The van der Waals surface area contributed by atoms with Crippen molar-refractivity contribution >= 4 is 52.0 Å². The Morgan fingerprint density at radius 1 is 1.28 bits per heavy atom. The van der Waals surface area contributed by atoms with E-state index in [1.54, 1.807) is 0 Å². The second kappa shape index (κ2) is 12.0. The first kappa shape index (κ1) is 27.8. The van der Waals surface area contributed by atoms with Gasteiger partial charge in [0, 0.05) is 18.8 Å². The number of amides is 3. The normalized spacial score (nSPS) is 15.2. The number of nitrogens with one attached hydrogen (secondary N) is 2. The average Bonchev–Trinajstić information content (AvgIpc) is 3.24. The molecule has 1 atom stereocenters. The van der Waals surface area contributed by atoms with Crippen LogP contribution in [0.15, 0.2) is 30.3 Å². The molecule has 196 valence electrons. The smallest absolute Gasteiger partial charge is 0.370 e. The summed E-state index contributed by atoms with van der Waals surface area (Å²) in [5.74, 6) is -2.70. The SMILES string of the molecule is CCN(CC(F)(F)F)[C@@H](CNC(=O)c1ccc(Cl)s1)C(=O)Nc1ccc(N2CCOCC2=O)c(F)c1. The Bertz CT molecular complexity index is 1110. The van der Waals surface area contributed by atoms with E-state index in [0.29, 0.717) is 4.34 Å². The van der Waals surface area contributed by atoms with Crippen LogP contribution in [0.3, 0.4) is 0 Å². The molecule has 0 spiro atoms. The zero-order chi connectivity index (χ0) is 26.5. The van der Waals surface area contributed by atoms with Gasteiger partial charge in [-0.1, -0.05) is 18.5 Å². The van der Waals surface area contributed by atoms with Crippen LogP contribution in [0.4, 0.5) is 28.9 Å². The highest BCUT2D eigenvalue weighted by atomic mass is 35.5. The van der Waals surface area contributed by atoms with E-state index in [0.717, 1.165) is 22.3 Å². The number of benzene rings is 1. The van der Waals surface area contributed by atoms with Gasteiger partial charge in [-0.25, -0.2) is 4.39 Å². The molecule has 3 amide bonds. The summed E-state index contributed by atoms with van der Waals surface area (Å²) in [6.07, 6.45) is -4.60. The minimum Gasteiger partial charge on any atom is -0.370 e. The van der Waals surface area contributed by atoms with Crippen molar-refractivity contribution in [3.63, 3.8) is 0 Å². The van der Waals surface area contributed by atoms with Crippen LogP contribution in [-0.2, 0) is 14.3 Å². The molecular weight excluding hydrogens is 528 g/mol. The van der Waals surface area contributed by atoms with Gasteiger partial charge in [-0.3, -0.25) is 19.3 Å². The van der Waals surface area contributed by atoms with E-state index in [9.17, 15) is 31.9 Å². The minimum atomic E-state index is -4.60. The largest absolute Gasteiger partial charge is 0.401 e. The third kappa shape index (κ3) is 7.38. The Morgan fingerprint density at radius 3 is 2.61 bits per heavy atom. The topological polar surface area (TPSA) is 91.0 Å². The first-order valence-electron chi connectivity index (χ1n) is 10.8. The number of rotatable bonds is 9. The Labute approximate surface area is 213 Å². The van der Waals surface area contributed by atoms with Gasteiger partial charge >= 0.3 is 6.18 Å². The molecule has 2 N–H and O–H groups in total. The summed E-state index contributed by atoms with van der Waals surface area (Å²) >= 11 is 6.80. The number of carbonyl (C=O) groups is 3. The molecule has 36 heavy (non-hydrogen) atoms. The van der Waals surface area contributed by atoms with Crippen molar-refractivity contribution in [1.82, 2.24) is 10.2 Å². The molecule has 1 aliphatic rings. The van der Waals surface area contributed by atoms with Crippen LogP contribution in [-0.4, -0.2) is 74.2 Å². The van der Waals surface area contributed by atoms with Gasteiger partial charge in [-0.05, 0) is 36.9 Å². The molecule has 0 bridgehead atoms. The molecule has 0 aliphatic carbocycles. The summed E-state index contributed by atoms with van der Waals surface area (Å²) in [4.78, 5) is 39.7. The maximum absolute atomic E-state index is 14.7. The summed E-state index contributed by atoms with van der Waals surface area (Å²) in [5.41, 5.74) is -0.0293. The summed E-state index contributed by atoms with van der Waals surface area (Å²) in [6, 6.07) is 5.13. The van der Waals surface area contributed by atoms with Crippen molar-refractivity contribution in [2.45, 2.75) is 19.1 Å². The molecule has 14 heteroatoms. The molecule has 1 aromatic heterocycles. The highest BCUT2D eigenvalue weighted by Gasteiger charge is 2.36. The van der Waals surface area contributed by atoms with Gasteiger partial charge in [-0.2, -0.15) is 13.2 Å². The summed E-state index contributed by atoms with van der Waals surface area (Å²) < 4.78 is 59.6. The third-order valence-electron chi connectivity index (χ3n) is 5.28. The second-order valence-corrected chi connectivity index (χ2v) is 9.48.